The molecule has 0 aliphatic rings. The van der Waals surface area contributed by atoms with E-state index in [9.17, 15) is 18.4 Å². The minimum Gasteiger partial charge on any atom is -0.426 e. The molecule has 0 saturated carbocycles. The van der Waals surface area contributed by atoms with Crippen molar-refractivity contribution in [1.29, 1.82) is 0 Å². The Balaban J connectivity index is 1.88. The first kappa shape index (κ1) is 20.6. The maximum atomic E-state index is 13.5. The highest BCUT2D eigenvalue weighted by molar-refractivity contribution is 5.94. The smallest absolute Gasteiger partial charge is 0.312 e. The Labute approximate surface area is 157 Å². The van der Waals surface area contributed by atoms with Crippen molar-refractivity contribution in [2.75, 3.05) is 6.54 Å². The van der Waals surface area contributed by atoms with Crippen LogP contribution in [0.4, 0.5) is 8.78 Å². The summed E-state index contributed by atoms with van der Waals surface area (Å²) in [5.41, 5.74) is 1.69. The summed E-state index contributed by atoms with van der Waals surface area (Å²) in [6.07, 6.45) is -0.0744. The number of benzene rings is 2. The summed E-state index contributed by atoms with van der Waals surface area (Å²) in [4.78, 5) is 23.9. The number of carbonyl (C=O) groups is 2. The Morgan fingerprint density at radius 2 is 1.78 bits per heavy atom. The predicted molar refractivity (Wildman–Crippen MR) is 98.8 cm³/mol. The second kappa shape index (κ2) is 8.29. The topological polar surface area (TPSA) is 55.4 Å². The molecule has 4 nitrogen and oxygen atoms in total. The van der Waals surface area contributed by atoms with Crippen LogP contribution in [-0.4, -0.2) is 18.4 Å². The van der Waals surface area contributed by atoms with Crippen LogP contribution >= 0.6 is 0 Å². The number of amides is 1. The van der Waals surface area contributed by atoms with E-state index in [1.54, 1.807) is 6.07 Å². The van der Waals surface area contributed by atoms with Gasteiger partial charge in [-0.15, -0.1) is 0 Å². The third-order valence-corrected chi connectivity index (χ3v) is 4.06. The molecule has 0 aliphatic heterocycles. The third kappa shape index (κ3) is 5.61. The largest absolute Gasteiger partial charge is 0.426 e. The zero-order chi connectivity index (χ0) is 20.2. The number of rotatable bonds is 5. The molecular weight excluding hydrogens is 352 g/mol. The normalized spacial score (nSPS) is 11.2. The van der Waals surface area contributed by atoms with Crippen molar-refractivity contribution in [2.45, 2.75) is 39.5 Å². The number of hydrogen-bond acceptors (Lipinski definition) is 3. The number of aryl methyl sites for hydroxylation is 1. The first-order chi connectivity index (χ1) is 12.6. The summed E-state index contributed by atoms with van der Waals surface area (Å²) in [6, 6.07) is 8.32. The molecule has 27 heavy (non-hydrogen) atoms. The highest BCUT2D eigenvalue weighted by Crippen LogP contribution is 2.27. The van der Waals surface area contributed by atoms with Gasteiger partial charge in [0.15, 0.2) is 0 Å². The van der Waals surface area contributed by atoms with E-state index in [1.165, 1.54) is 0 Å². The molecule has 0 spiro atoms. The van der Waals surface area contributed by atoms with Crippen molar-refractivity contribution in [2.24, 2.45) is 0 Å². The summed E-state index contributed by atoms with van der Waals surface area (Å²) in [6.45, 7) is 8.13. The molecule has 0 unspecified atom stereocenters. The van der Waals surface area contributed by atoms with Gasteiger partial charge in [-0.25, -0.2) is 8.78 Å². The number of nitrogens with one attached hydrogen (secondary N) is 1. The van der Waals surface area contributed by atoms with Gasteiger partial charge in [0, 0.05) is 12.6 Å². The van der Waals surface area contributed by atoms with Gasteiger partial charge in [0.2, 0.25) is 0 Å². The Kier molecular flexibility index (Phi) is 6.31. The van der Waals surface area contributed by atoms with E-state index in [2.05, 4.69) is 26.1 Å². The van der Waals surface area contributed by atoms with Crippen molar-refractivity contribution in [3.63, 3.8) is 0 Å². The molecule has 0 radical (unpaired) electrons. The number of carbonyl (C=O) groups excluding carboxylic acids is 2. The fraction of sp³-hybridized carbons (Fsp3) is 0.333. The number of halogens is 2. The van der Waals surface area contributed by atoms with Crippen LogP contribution in [0, 0.1) is 18.6 Å². The van der Waals surface area contributed by atoms with Crippen LogP contribution in [0.3, 0.4) is 0 Å². The molecule has 0 heterocycles. The molecule has 6 heteroatoms. The molecule has 0 saturated heterocycles. The molecular formula is C21H23F2NO3. The van der Waals surface area contributed by atoms with Crippen LogP contribution in [0.2, 0.25) is 0 Å². The Morgan fingerprint density at radius 3 is 2.37 bits per heavy atom. The van der Waals surface area contributed by atoms with E-state index in [0.29, 0.717) is 11.8 Å². The summed E-state index contributed by atoms with van der Waals surface area (Å²) in [7, 11) is 0. The Morgan fingerprint density at radius 1 is 1.07 bits per heavy atom. The summed E-state index contributed by atoms with van der Waals surface area (Å²) in [5.74, 6) is -2.48. The minimum absolute atomic E-state index is 0.00674. The molecule has 2 aromatic rings. The average molecular weight is 375 g/mol. The third-order valence-electron chi connectivity index (χ3n) is 4.06. The molecule has 0 aromatic heterocycles. The minimum atomic E-state index is -0.954. The maximum Gasteiger partial charge on any atom is 0.312 e. The van der Waals surface area contributed by atoms with Gasteiger partial charge in [-0.3, -0.25) is 9.59 Å². The van der Waals surface area contributed by atoms with E-state index in [0.717, 1.165) is 23.3 Å². The molecule has 0 fully saturated rings. The number of ether oxygens (including phenoxy) is 1. The molecule has 0 aliphatic carbocycles. The van der Waals surface area contributed by atoms with E-state index >= 15 is 0 Å². The first-order valence-electron chi connectivity index (χ1n) is 8.63. The van der Waals surface area contributed by atoms with Crippen LogP contribution in [0.1, 0.15) is 48.7 Å². The van der Waals surface area contributed by atoms with Crippen LogP contribution in [-0.2, 0) is 10.2 Å². The van der Waals surface area contributed by atoms with E-state index < -0.39 is 23.5 Å². The van der Waals surface area contributed by atoms with Gasteiger partial charge in [0.25, 0.3) is 5.91 Å². The SMILES string of the molecule is Cc1cc(C(C)(C)C)ccc1OC(=O)CCNC(=O)c1ccc(F)cc1F. The van der Waals surface area contributed by atoms with Gasteiger partial charge in [0.05, 0.1) is 12.0 Å². The highest BCUT2D eigenvalue weighted by Gasteiger charge is 2.16. The van der Waals surface area contributed by atoms with Gasteiger partial charge in [-0.05, 0) is 41.7 Å². The van der Waals surface area contributed by atoms with E-state index in [1.807, 2.05) is 19.1 Å². The zero-order valence-corrected chi connectivity index (χ0v) is 15.9. The van der Waals surface area contributed by atoms with Crippen LogP contribution in [0.5, 0.6) is 5.75 Å². The van der Waals surface area contributed by atoms with Gasteiger partial charge in [-0.2, -0.15) is 0 Å². The lowest BCUT2D eigenvalue weighted by Gasteiger charge is -2.20. The van der Waals surface area contributed by atoms with Gasteiger partial charge in [0.1, 0.15) is 17.4 Å². The lowest BCUT2D eigenvalue weighted by molar-refractivity contribution is -0.134. The molecule has 0 atom stereocenters. The monoisotopic (exact) mass is 375 g/mol. The molecule has 2 rings (SSSR count). The van der Waals surface area contributed by atoms with Crippen molar-refractivity contribution < 1.29 is 23.1 Å². The summed E-state index contributed by atoms with van der Waals surface area (Å²) in [5, 5.41) is 2.42. The second-order valence-corrected chi connectivity index (χ2v) is 7.33. The lowest BCUT2D eigenvalue weighted by atomic mass is 9.86. The summed E-state index contributed by atoms with van der Waals surface area (Å²) >= 11 is 0. The average Bonchev–Trinajstić information content (AvgIpc) is 2.55. The quantitative estimate of drug-likeness (QED) is 0.626. The fourth-order valence-corrected chi connectivity index (χ4v) is 2.45. The van der Waals surface area contributed by atoms with Crippen molar-refractivity contribution in [1.82, 2.24) is 5.32 Å². The molecule has 144 valence electrons. The fourth-order valence-electron chi connectivity index (χ4n) is 2.45. The van der Waals surface area contributed by atoms with Crippen LogP contribution in [0.25, 0.3) is 0 Å². The van der Waals surface area contributed by atoms with Crippen molar-refractivity contribution in [3.05, 3.63) is 64.7 Å². The molecule has 2 aromatic carbocycles. The van der Waals surface area contributed by atoms with Gasteiger partial charge < -0.3 is 10.1 Å². The maximum absolute atomic E-state index is 13.5. The van der Waals surface area contributed by atoms with Crippen LogP contribution in [0.15, 0.2) is 36.4 Å². The molecule has 0 bridgehead atoms. The molecule has 1 N–H and O–H groups in total. The Bertz CT molecular complexity index is 857. The number of esters is 1. The van der Waals surface area contributed by atoms with E-state index in [4.69, 9.17) is 4.74 Å². The second-order valence-electron chi connectivity index (χ2n) is 7.33. The van der Waals surface area contributed by atoms with Crippen LogP contribution < -0.4 is 10.1 Å². The summed E-state index contributed by atoms with van der Waals surface area (Å²) < 4.78 is 31.7. The standard InChI is InChI=1S/C21H23F2NO3/c1-13-11-14(21(2,3)4)5-8-18(13)27-19(25)9-10-24-20(26)16-7-6-15(22)12-17(16)23/h5-8,11-12H,9-10H2,1-4H3,(H,24,26). The van der Waals surface area contributed by atoms with Gasteiger partial charge >= 0.3 is 5.97 Å². The Hall–Kier alpha value is -2.76. The number of hydrogen-bond donors (Lipinski definition) is 1. The van der Waals surface area contributed by atoms with Crippen molar-refractivity contribution in [3.8, 4) is 5.75 Å². The van der Waals surface area contributed by atoms with Gasteiger partial charge in [-0.1, -0.05) is 32.9 Å². The first-order valence-corrected chi connectivity index (χ1v) is 8.63. The van der Waals surface area contributed by atoms with E-state index in [-0.39, 0.29) is 23.9 Å². The zero-order valence-electron chi connectivity index (χ0n) is 15.9. The van der Waals surface area contributed by atoms with Crippen molar-refractivity contribution >= 4 is 11.9 Å². The molecule has 1 amide bonds. The predicted octanol–water partition coefficient (Wildman–Crippen LogP) is 4.30. The lowest BCUT2D eigenvalue weighted by Crippen LogP contribution is -2.28. The highest BCUT2D eigenvalue weighted by atomic mass is 19.1.